The summed E-state index contributed by atoms with van der Waals surface area (Å²) >= 11 is 0. The maximum absolute atomic E-state index is 12.7. The van der Waals surface area contributed by atoms with Crippen molar-refractivity contribution in [1.82, 2.24) is 0 Å². The Morgan fingerprint density at radius 1 is 0.839 bits per heavy atom. The fourth-order valence-electron chi connectivity index (χ4n) is 2.74. The maximum Gasteiger partial charge on any atom is 0.318 e. The summed E-state index contributed by atoms with van der Waals surface area (Å²) in [6.45, 7) is 3.01. The van der Waals surface area contributed by atoms with Gasteiger partial charge in [-0.25, -0.2) is 0 Å². The van der Waals surface area contributed by atoms with Crippen LogP contribution < -0.4 is 0 Å². The van der Waals surface area contributed by atoms with Crippen LogP contribution in [-0.4, -0.2) is 32.3 Å². The van der Waals surface area contributed by atoms with Crippen molar-refractivity contribution in [3.63, 3.8) is 0 Å². The lowest BCUT2D eigenvalue weighted by Crippen LogP contribution is -2.20. The van der Waals surface area contributed by atoms with E-state index in [1.54, 1.807) is 0 Å². The van der Waals surface area contributed by atoms with E-state index >= 15 is 0 Å². The van der Waals surface area contributed by atoms with Crippen molar-refractivity contribution in [2.45, 2.75) is 5.92 Å². The van der Waals surface area contributed by atoms with Crippen molar-refractivity contribution < 1.29 is 29.2 Å². The molecule has 0 unspecified atom stereocenters. The number of nitro benzene ring substituents is 4. The van der Waals surface area contributed by atoms with Crippen molar-refractivity contribution in [3.05, 3.63) is 101 Å². The highest BCUT2D eigenvalue weighted by molar-refractivity contribution is 5.86. The summed E-state index contributed by atoms with van der Waals surface area (Å²) in [5, 5.41) is 45.0. The first-order chi connectivity index (χ1) is 14.6. The Hall–Kier alpha value is -4.75. The number of carbonyl (C=O) groups excluding carboxylic acids is 1. The Kier molecular flexibility index (Phi) is 6.66. The minimum Gasteiger partial charge on any atom is -0.461 e. The van der Waals surface area contributed by atoms with E-state index in [0.717, 1.165) is 24.3 Å². The van der Waals surface area contributed by atoms with E-state index in [9.17, 15) is 45.3 Å². The summed E-state index contributed by atoms with van der Waals surface area (Å²) < 4.78 is 4.92. The molecule has 0 spiro atoms. The van der Waals surface area contributed by atoms with Crippen molar-refractivity contribution in [2.75, 3.05) is 6.61 Å². The summed E-state index contributed by atoms with van der Waals surface area (Å²) in [7, 11) is 0. The number of hydrogen-bond acceptors (Lipinski definition) is 10. The molecule has 14 nitrogen and oxygen atoms in total. The predicted octanol–water partition coefficient (Wildman–Crippen LogP) is 3.18. The topological polar surface area (TPSA) is 199 Å². The van der Waals surface area contributed by atoms with Crippen molar-refractivity contribution >= 4 is 28.7 Å². The number of nitro groups is 4. The highest BCUT2D eigenvalue weighted by atomic mass is 16.6. The molecule has 0 atom stereocenters. The zero-order chi connectivity index (χ0) is 23.3. The smallest absolute Gasteiger partial charge is 0.318 e. The Labute approximate surface area is 172 Å². The minimum atomic E-state index is -1.78. The van der Waals surface area contributed by atoms with E-state index in [1.807, 2.05) is 0 Å². The van der Waals surface area contributed by atoms with Crippen LogP contribution in [0.25, 0.3) is 0 Å². The Balaban J connectivity index is 2.83. The van der Waals surface area contributed by atoms with Crippen molar-refractivity contribution in [3.8, 4) is 0 Å². The third-order valence-corrected chi connectivity index (χ3v) is 4.04. The summed E-state index contributed by atoms with van der Waals surface area (Å²) in [6, 6.07) is 4.77. The van der Waals surface area contributed by atoms with E-state index in [-0.39, 0.29) is 6.61 Å². The molecule has 2 aromatic carbocycles. The molecule has 14 heteroatoms. The Morgan fingerprint density at radius 3 is 1.58 bits per heavy atom. The lowest BCUT2D eigenvalue weighted by molar-refractivity contribution is -0.395. The number of hydrogen-bond donors (Lipinski definition) is 0. The van der Waals surface area contributed by atoms with Gasteiger partial charge >= 0.3 is 5.97 Å². The van der Waals surface area contributed by atoms with Gasteiger partial charge in [0.1, 0.15) is 12.5 Å². The normalized spacial score (nSPS) is 10.4. The van der Waals surface area contributed by atoms with Crippen LogP contribution in [0.3, 0.4) is 0 Å². The maximum atomic E-state index is 12.7. The number of esters is 1. The predicted molar refractivity (Wildman–Crippen MR) is 103 cm³/mol. The van der Waals surface area contributed by atoms with Crippen LogP contribution in [0.1, 0.15) is 17.0 Å². The molecule has 0 aromatic heterocycles. The quantitative estimate of drug-likeness (QED) is 0.245. The van der Waals surface area contributed by atoms with Crippen LogP contribution in [0.2, 0.25) is 0 Å². The van der Waals surface area contributed by atoms with Gasteiger partial charge in [0.05, 0.1) is 31.8 Å². The monoisotopic (exact) mass is 432 g/mol. The van der Waals surface area contributed by atoms with Crippen molar-refractivity contribution in [1.29, 1.82) is 0 Å². The first-order valence-electron chi connectivity index (χ1n) is 8.21. The standard InChI is InChI=1S/C17H12N4O10/c1-2-7-31-17(22)16(12-5-3-10(18(23)24)8-14(12)20(27)28)13-6-4-11(19(25)26)9-15(13)21(29)30/h2-6,8-9,16H,1,7H2. The zero-order valence-electron chi connectivity index (χ0n) is 15.4. The molecule has 0 amide bonds. The molecule has 0 saturated carbocycles. The molecule has 0 N–H and O–H groups in total. The van der Waals surface area contributed by atoms with Crippen LogP contribution >= 0.6 is 0 Å². The van der Waals surface area contributed by atoms with Crippen molar-refractivity contribution in [2.24, 2.45) is 0 Å². The Morgan fingerprint density at radius 2 is 1.26 bits per heavy atom. The molecule has 0 saturated heterocycles. The fraction of sp³-hybridized carbons (Fsp3) is 0.118. The van der Waals surface area contributed by atoms with Gasteiger partial charge in [0, 0.05) is 23.3 Å². The van der Waals surface area contributed by atoms with Gasteiger partial charge in [0.15, 0.2) is 0 Å². The van der Waals surface area contributed by atoms with Gasteiger partial charge in [-0.15, -0.1) is 0 Å². The van der Waals surface area contributed by atoms with E-state index in [4.69, 9.17) is 4.74 Å². The largest absolute Gasteiger partial charge is 0.461 e. The van der Waals surface area contributed by atoms with Gasteiger partial charge in [-0.2, -0.15) is 0 Å². The first kappa shape index (κ1) is 22.5. The molecule has 0 heterocycles. The number of non-ortho nitro benzene ring substituents is 2. The number of rotatable bonds is 9. The van der Waals surface area contributed by atoms with Crippen LogP contribution in [0.15, 0.2) is 49.1 Å². The van der Waals surface area contributed by atoms with Crippen LogP contribution in [0.5, 0.6) is 0 Å². The molecule has 2 rings (SSSR count). The highest BCUT2D eigenvalue weighted by Crippen LogP contribution is 2.40. The number of benzene rings is 2. The molecule has 0 fully saturated rings. The number of carbonyl (C=O) groups is 1. The third kappa shape index (κ3) is 4.81. The number of nitrogens with zero attached hydrogens (tertiary/aromatic N) is 4. The fourth-order valence-corrected chi connectivity index (χ4v) is 2.74. The van der Waals surface area contributed by atoms with Gasteiger partial charge in [-0.05, 0) is 12.1 Å². The lowest BCUT2D eigenvalue weighted by atomic mass is 9.88. The second kappa shape index (κ2) is 9.17. The van der Waals surface area contributed by atoms with Gasteiger partial charge in [-0.3, -0.25) is 45.3 Å². The summed E-state index contributed by atoms with van der Waals surface area (Å²) in [6.07, 6.45) is 1.18. The van der Waals surface area contributed by atoms with E-state index in [0.29, 0.717) is 12.1 Å². The molecule has 0 aliphatic rings. The molecule has 0 bridgehead atoms. The second-order valence-corrected chi connectivity index (χ2v) is 5.87. The van der Waals surface area contributed by atoms with E-state index in [2.05, 4.69) is 6.58 Å². The molecule has 0 radical (unpaired) electrons. The first-order valence-corrected chi connectivity index (χ1v) is 8.21. The lowest BCUT2D eigenvalue weighted by Gasteiger charge is -2.16. The van der Waals surface area contributed by atoms with Gasteiger partial charge in [0.25, 0.3) is 22.7 Å². The average Bonchev–Trinajstić information content (AvgIpc) is 2.72. The molecule has 2 aromatic rings. The third-order valence-electron chi connectivity index (χ3n) is 4.04. The van der Waals surface area contributed by atoms with Crippen LogP contribution in [-0.2, 0) is 9.53 Å². The molecule has 0 aliphatic carbocycles. The van der Waals surface area contributed by atoms with Gasteiger partial charge in [-0.1, -0.05) is 12.7 Å². The minimum absolute atomic E-state index is 0.336. The second-order valence-electron chi connectivity index (χ2n) is 5.87. The Bertz CT molecular complexity index is 1040. The average molecular weight is 432 g/mol. The van der Waals surface area contributed by atoms with Gasteiger partial charge < -0.3 is 4.74 Å². The van der Waals surface area contributed by atoms with Gasteiger partial charge in [0.2, 0.25) is 0 Å². The van der Waals surface area contributed by atoms with E-state index in [1.165, 1.54) is 6.08 Å². The molecule has 0 aliphatic heterocycles. The molecule has 160 valence electrons. The zero-order valence-corrected chi connectivity index (χ0v) is 15.4. The van der Waals surface area contributed by atoms with Crippen LogP contribution in [0.4, 0.5) is 22.7 Å². The molecular formula is C17H12N4O10. The summed E-state index contributed by atoms with van der Waals surface area (Å²) in [5.74, 6) is -2.93. The highest BCUT2D eigenvalue weighted by Gasteiger charge is 2.37. The number of ether oxygens (including phenoxy) is 1. The molecule has 31 heavy (non-hydrogen) atoms. The summed E-state index contributed by atoms with van der Waals surface area (Å²) in [4.78, 5) is 53.9. The molecular weight excluding hydrogens is 420 g/mol. The summed E-state index contributed by atoms with van der Waals surface area (Å²) in [5.41, 5.74) is -3.87. The SMILES string of the molecule is C=CCOC(=O)C(c1ccc([N+](=O)[O-])cc1[N+](=O)[O-])c1ccc([N+](=O)[O-])cc1[N+](=O)[O-]. The van der Waals surface area contributed by atoms with E-state index < -0.39 is 65.5 Å². The van der Waals surface area contributed by atoms with Crippen LogP contribution in [0, 0.1) is 40.5 Å².